The fourth-order valence-electron chi connectivity index (χ4n) is 3.40. The van der Waals surface area contributed by atoms with Gasteiger partial charge in [-0.1, -0.05) is 13.8 Å². The van der Waals surface area contributed by atoms with Crippen LogP contribution < -0.4 is 0 Å². The lowest BCUT2D eigenvalue weighted by Crippen LogP contribution is -2.52. The molecule has 3 unspecified atom stereocenters. The highest BCUT2D eigenvalue weighted by atomic mass is 32.2. The van der Waals surface area contributed by atoms with E-state index in [9.17, 15) is 4.79 Å². The van der Waals surface area contributed by atoms with Gasteiger partial charge in [-0.25, -0.2) is 0 Å². The fourth-order valence-corrected chi connectivity index (χ4v) is 4.77. The van der Waals surface area contributed by atoms with Crippen molar-refractivity contribution in [3.63, 3.8) is 0 Å². The Hall–Kier alpha value is -0.220. The average Bonchev–Trinajstić information content (AvgIpc) is 2.27. The van der Waals surface area contributed by atoms with Crippen LogP contribution in [0.3, 0.4) is 0 Å². The first kappa shape index (κ1) is 14.2. The van der Waals surface area contributed by atoms with Crippen molar-refractivity contribution in [3.05, 3.63) is 0 Å². The van der Waals surface area contributed by atoms with Gasteiger partial charge >= 0.3 is 5.97 Å². The third-order valence-electron chi connectivity index (χ3n) is 4.34. The number of likely N-dealkylation sites (tertiary alicyclic amines) is 1. The molecule has 1 N–H and O–H groups in total. The van der Waals surface area contributed by atoms with Gasteiger partial charge in [0.15, 0.2) is 0 Å². The maximum Gasteiger partial charge on any atom is 0.306 e. The molecule has 0 aromatic rings. The van der Waals surface area contributed by atoms with E-state index in [0.717, 1.165) is 19.4 Å². The molecular weight excluding hydrogens is 246 g/mol. The summed E-state index contributed by atoms with van der Waals surface area (Å²) in [6.45, 7) is 7.85. The SMILES string of the molecule is CC1CC(C(=O)O)CCN1C1CSCC(C)(C)C1. The maximum atomic E-state index is 11.1. The Morgan fingerprint density at radius 1 is 1.44 bits per heavy atom. The molecule has 2 heterocycles. The van der Waals surface area contributed by atoms with E-state index in [1.165, 1.54) is 17.9 Å². The zero-order chi connectivity index (χ0) is 13.3. The molecule has 3 nitrogen and oxygen atoms in total. The first-order valence-electron chi connectivity index (χ1n) is 6.95. The molecule has 2 saturated heterocycles. The number of carboxylic acid groups (broad SMARTS) is 1. The summed E-state index contributed by atoms with van der Waals surface area (Å²) in [5.74, 6) is 1.73. The van der Waals surface area contributed by atoms with Crippen LogP contribution in [-0.2, 0) is 4.79 Å². The zero-order valence-corrected chi connectivity index (χ0v) is 12.5. The number of thioether (sulfide) groups is 1. The van der Waals surface area contributed by atoms with Crippen molar-refractivity contribution < 1.29 is 9.90 Å². The predicted octanol–water partition coefficient (Wildman–Crippen LogP) is 2.70. The van der Waals surface area contributed by atoms with Crippen LogP contribution in [0.15, 0.2) is 0 Å². The summed E-state index contributed by atoms with van der Waals surface area (Å²) >= 11 is 2.05. The predicted molar refractivity (Wildman–Crippen MR) is 76.0 cm³/mol. The Morgan fingerprint density at radius 2 is 2.17 bits per heavy atom. The van der Waals surface area contributed by atoms with Gasteiger partial charge in [-0.05, 0) is 43.9 Å². The Balaban J connectivity index is 1.96. The molecule has 18 heavy (non-hydrogen) atoms. The van der Waals surface area contributed by atoms with Crippen LogP contribution in [-0.4, -0.2) is 46.1 Å². The van der Waals surface area contributed by atoms with Crippen LogP contribution in [0.4, 0.5) is 0 Å². The Kier molecular flexibility index (Phi) is 4.27. The van der Waals surface area contributed by atoms with Gasteiger partial charge < -0.3 is 5.11 Å². The fraction of sp³-hybridized carbons (Fsp3) is 0.929. The van der Waals surface area contributed by atoms with Crippen molar-refractivity contribution >= 4 is 17.7 Å². The molecule has 0 spiro atoms. The topological polar surface area (TPSA) is 40.5 Å². The van der Waals surface area contributed by atoms with Gasteiger partial charge in [-0.15, -0.1) is 0 Å². The van der Waals surface area contributed by atoms with E-state index >= 15 is 0 Å². The standard InChI is InChI=1S/C14H25NO2S/c1-10-6-11(13(16)17)4-5-15(10)12-7-14(2,3)9-18-8-12/h10-12H,4-9H2,1-3H3,(H,16,17). The first-order valence-corrected chi connectivity index (χ1v) is 8.11. The molecular formula is C14H25NO2S. The highest BCUT2D eigenvalue weighted by molar-refractivity contribution is 7.99. The van der Waals surface area contributed by atoms with E-state index in [4.69, 9.17) is 5.11 Å². The van der Waals surface area contributed by atoms with Gasteiger partial charge in [0.2, 0.25) is 0 Å². The summed E-state index contributed by atoms with van der Waals surface area (Å²) in [6.07, 6.45) is 2.89. The summed E-state index contributed by atoms with van der Waals surface area (Å²) in [4.78, 5) is 13.6. The molecule has 2 fully saturated rings. The molecule has 3 atom stereocenters. The second-order valence-corrected chi connectivity index (χ2v) is 7.71. The molecule has 0 radical (unpaired) electrons. The first-order chi connectivity index (χ1) is 8.39. The Bertz CT molecular complexity index is 319. The molecule has 0 amide bonds. The van der Waals surface area contributed by atoms with Crippen molar-refractivity contribution in [3.8, 4) is 0 Å². The molecule has 0 aromatic carbocycles. The average molecular weight is 271 g/mol. The highest BCUT2D eigenvalue weighted by Gasteiger charge is 2.37. The van der Waals surface area contributed by atoms with Gasteiger partial charge in [0.05, 0.1) is 5.92 Å². The number of nitrogens with zero attached hydrogens (tertiary/aromatic N) is 1. The number of rotatable bonds is 2. The number of piperidine rings is 1. The molecule has 2 rings (SSSR count). The van der Waals surface area contributed by atoms with Crippen LogP contribution in [0.5, 0.6) is 0 Å². The summed E-state index contributed by atoms with van der Waals surface area (Å²) in [5.41, 5.74) is 0.428. The lowest BCUT2D eigenvalue weighted by atomic mass is 9.84. The van der Waals surface area contributed by atoms with Gasteiger partial charge in [-0.2, -0.15) is 11.8 Å². The molecule has 0 bridgehead atoms. The van der Waals surface area contributed by atoms with Gasteiger partial charge in [0.1, 0.15) is 0 Å². The quantitative estimate of drug-likeness (QED) is 0.838. The van der Waals surface area contributed by atoms with Crippen molar-refractivity contribution in [2.45, 2.75) is 52.1 Å². The van der Waals surface area contributed by atoms with E-state index in [0.29, 0.717) is 17.5 Å². The summed E-state index contributed by atoms with van der Waals surface area (Å²) < 4.78 is 0. The number of aliphatic carboxylic acids is 1. The lowest BCUT2D eigenvalue weighted by Gasteiger charge is -2.46. The number of carboxylic acids is 1. The number of hydrogen-bond donors (Lipinski definition) is 1. The van der Waals surface area contributed by atoms with E-state index in [2.05, 4.69) is 37.4 Å². The van der Waals surface area contributed by atoms with Gasteiger partial charge in [0.25, 0.3) is 0 Å². The lowest BCUT2D eigenvalue weighted by molar-refractivity contribution is -0.144. The minimum absolute atomic E-state index is 0.125. The van der Waals surface area contributed by atoms with E-state index in [1.807, 2.05) is 0 Å². The third kappa shape index (κ3) is 3.21. The Labute approximate surface area is 114 Å². The van der Waals surface area contributed by atoms with Crippen LogP contribution in [0.25, 0.3) is 0 Å². The molecule has 0 aromatic heterocycles. The number of hydrogen-bond acceptors (Lipinski definition) is 3. The van der Waals surface area contributed by atoms with Crippen molar-refractivity contribution in [2.75, 3.05) is 18.1 Å². The molecule has 0 saturated carbocycles. The van der Waals surface area contributed by atoms with Crippen LogP contribution in [0.1, 0.15) is 40.0 Å². The highest BCUT2D eigenvalue weighted by Crippen LogP contribution is 2.38. The van der Waals surface area contributed by atoms with Gasteiger partial charge in [0, 0.05) is 17.8 Å². The smallest absolute Gasteiger partial charge is 0.306 e. The summed E-state index contributed by atoms with van der Waals surface area (Å²) in [6, 6.07) is 1.06. The Morgan fingerprint density at radius 3 is 2.72 bits per heavy atom. The number of carbonyl (C=O) groups is 1. The van der Waals surface area contributed by atoms with Gasteiger partial charge in [-0.3, -0.25) is 9.69 Å². The molecule has 4 heteroatoms. The second kappa shape index (κ2) is 5.41. The van der Waals surface area contributed by atoms with Crippen molar-refractivity contribution in [1.82, 2.24) is 4.90 Å². The second-order valence-electron chi connectivity index (χ2n) is 6.68. The normalized spacial score (nSPS) is 37.4. The van der Waals surface area contributed by atoms with Crippen molar-refractivity contribution in [1.29, 1.82) is 0 Å². The van der Waals surface area contributed by atoms with E-state index in [-0.39, 0.29) is 5.92 Å². The largest absolute Gasteiger partial charge is 0.481 e. The van der Waals surface area contributed by atoms with Crippen molar-refractivity contribution in [2.24, 2.45) is 11.3 Å². The van der Waals surface area contributed by atoms with Crippen LogP contribution in [0.2, 0.25) is 0 Å². The summed E-state index contributed by atoms with van der Waals surface area (Å²) in [7, 11) is 0. The zero-order valence-electron chi connectivity index (χ0n) is 11.7. The maximum absolute atomic E-state index is 11.1. The third-order valence-corrected chi connectivity index (χ3v) is 5.94. The minimum atomic E-state index is -0.611. The summed E-state index contributed by atoms with van der Waals surface area (Å²) in [5, 5.41) is 9.11. The molecule has 0 aliphatic carbocycles. The minimum Gasteiger partial charge on any atom is -0.481 e. The van der Waals surface area contributed by atoms with E-state index in [1.54, 1.807) is 0 Å². The van der Waals surface area contributed by atoms with E-state index < -0.39 is 5.97 Å². The monoisotopic (exact) mass is 271 g/mol. The van der Waals surface area contributed by atoms with Crippen LogP contribution in [0, 0.1) is 11.3 Å². The van der Waals surface area contributed by atoms with Crippen LogP contribution >= 0.6 is 11.8 Å². The molecule has 2 aliphatic rings. The molecule has 2 aliphatic heterocycles. The molecule has 104 valence electrons.